The van der Waals surface area contributed by atoms with Crippen LogP contribution in [0.2, 0.25) is 0 Å². The van der Waals surface area contributed by atoms with Crippen molar-refractivity contribution in [1.82, 2.24) is 14.7 Å². The fourth-order valence-corrected chi connectivity index (χ4v) is 7.74. The van der Waals surface area contributed by atoms with E-state index < -0.39 is 35.1 Å². The Balaban J connectivity index is 1.66. The Bertz CT molecular complexity index is 1200. The fraction of sp³-hybridized carbons (Fsp3) is 0.606. The normalized spacial score (nSPS) is 32.5. The Labute approximate surface area is 244 Å². The van der Waals surface area contributed by atoms with Crippen LogP contribution in [-0.4, -0.2) is 93.1 Å². The maximum atomic E-state index is 14.8. The average molecular weight is 564 g/mol. The molecule has 0 bridgehead atoms. The van der Waals surface area contributed by atoms with E-state index in [9.17, 15) is 19.5 Å². The second kappa shape index (κ2) is 11.7. The largest absolute Gasteiger partial charge is 0.394 e. The van der Waals surface area contributed by atoms with Gasteiger partial charge >= 0.3 is 0 Å². The van der Waals surface area contributed by atoms with Gasteiger partial charge in [-0.3, -0.25) is 14.4 Å². The van der Waals surface area contributed by atoms with Crippen molar-refractivity contribution < 1.29 is 24.2 Å². The van der Waals surface area contributed by atoms with Crippen molar-refractivity contribution in [2.75, 3.05) is 26.2 Å². The van der Waals surface area contributed by atoms with Crippen molar-refractivity contribution in [2.24, 2.45) is 11.8 Å². The van der Waals surface area contributed by atoms with E-state index in [0.29, 0.717) is 32.5 Å². The molecule has 0 aromatic heterocycles. The number of rotatable bonds is 10. The van der Waals surface area contributed by atoms with Crippen molar-refractivity contribution in [3.05, 3.63) is 60.2 Å². The van der Waals surface area contributed by atoms with Gasteiger partial charge in [-0.25, -0.2) is 0 Å². The zero-order chi connectivity index (χ0) is 29.4. The van der Waals surface area contributed by atoms with Crippen LogP contribution in [0.5, 0.6) is 0 Å². The number of aliphatic hydroxyl groups is 1. The minimum absolute atomic E-state index is 0.0291. The van der Waals surface area contributed by atoms with E-state index in [1.165, 1.54) is 0 Å². The molecule has 5 rings (SSSR count). The summed E-state index contributed by atoms with van der Waals surface area (Å²) in [5.41, 5.74) is -1.34. The lowest BCUT2D eigenvalue weighted by atomic mass is 9.73. The Morgan fingerprint density at radius 3 is 2.34 bits per heavy atom. The number of carbonyl (C=O) groups is 3. The van der Waals surface area contributed by atoms with E-state index in [1.807, 2.05) is 85.2 Å². The summed E-state index contributed by atoms with van der Waals surface area (Å²) in [7, 11) is 0. The van der Waals surface area contributed by atoms with Crippen molar-refractivity contribution >= 4 is 17.7 Å². The van der Waals surface area contributed by atoms with Gasteiger partial charge in [0.15, 0.2) is 0 Å². The molecule has 8 heteroatoms. The highest BCUT2D eigenvalue weighted by atomic mass is 16.5. The number of hydrogen-bond donors (Lipinski definition) is 1. The smallest absolute Gasteiger partial charge is 0.249 e. The molecule has 1 aromatic carbocycles. The third-order valence-electron chi connectivity index (χ3n) is 9.64. The van der Waals surface area contributed by atoms with Crippen LogP contribution in [0.3, 0.4) is 0 Å². The molecule has 2 saturated heterocycles. The van der Waals surface area contributed by atoms with Crippen molar-refractivity contribution in [3.63, 3.8) is 0 Å². The van der Waals surface area contributed by atoms with Gasteiger partial charge in [-0.2, -0.15) is 0 Å². The lowest BCUT2D eigenvalue weighted by molar-refractivity contribution is -0.158. The van der Waals surface area contributed by atoms with E-state index in [1.54, 1.807) is 4.90 Å². The number of fused-ring (bicyclic) bond motifs is 2. The molecule has 0 aliphatic carbocycles. The van der Waals surface area contributed by atoms with Crippen molar-refractivity contribution in [1.29, 1.82) is 0 Å². The van der Waals surface area contributed by atoms with Crippen LogP contribution in [0.1, 0.15) is 58.9 Å². The third kappa shape index (κ3) is 4.73. The number of amides is 3. The monoisotopic (exact) mass is 563 g/mol. The minimum Gasteiger partial charge on any atom is -0.394 e. The number of nitrogens with zero attached hydrogens (tertiary/aromatic N) is 3. The quantitative estimate of drug-likeness (QED) is 0.441. The second-order valence-corrected chi connectivity index (χ2v) is 12.1. The van der Waals surface area contributed by atoms with E-state index in [2.05, 4.69) is 6.92 Å². The summed E-state index contributed by atoms with van der Waals surface area (Å²) in [5, 5.41) is 10.7. The molecule has 2 unspecified atom stereocenters. The maximum absolute atomic E-state index is 14.8. The molecule has 4 heterocycles. The molecule has 1 spiro atoms. The number of likely N-dealkylation sites (tertiary alicyclic amines) is 1. The maximum Gasteiger partial charge on any atom is 0.249 e. The van der Waals surface area contributed by atoms with Crippen LogP contribution >= 0.6 is 0 Å². The fourth-order valence-electron chi connectivity index (χ4n) is 7.74. The first kappa shape index (κ1) is 29.5. The zero-order valence-electron chi connectivity index (χ0n) is 24.9. The molecule has 4 aliphatic rings. The van der Waals surface area contributed by atoms with Gasteiger partial charge in [0.05, 0.1) is 30.1 Å². The van der Waals surface area contributed by atoms with E-state index >= 15 is 0 Å². The Hall–Kier alpha value is -2.97. The van der Waals surface area contributed by atoms with Crippen LogP contribution < -0.4 is 0 Å². The predicted octanol–water partition coefficient (Wildman–Crippen LogP) is 3.35. The highest BCUT2D eigenvalue weighted by molar-refractivity contribution is 6.00. The van der Waals surface area contributed by atoms with E-state index in [4.69, 9.17) is 4.74 Å². The van der Waals surface area contributed by atoms with Gasteiger partial charge in [0.2, 0.25) is 17.7 Å². The summed E-state index contributed by atoms with van der Waals surface area (Å²) in [6.45, 7) is 9.33. The standard InChI is InChI=1S/C33H45N3O5/c1-5-13-23(4)35-20-12-17-33-27(26-29(38)34(18-6-2)19-11-16-32(26,7-3)41-33)30(39)36(28(33)31(35)40)25(22-37)21-24-14-9-8-10-15-24/h8-12,14-17,23,25-28,37H,5-7,13,18-22H2,1-4H3/t23?,25-,26+,27+,28?,32-,33+/m1/s1. The number of carbonyl (C=O) groups excluding carboxylic acids is 3. The highest BCUT2D eigenvalue weighted by Crippen LogP contribution is 2.59. The van der Waals surface area contributed by atoms with Crippen LogP contribution in [-0.2, 0) is 25.5 Å². The molecule has 7 atom stereocenters. The molecule has 0 saturated carbocycles. The SMILES string of the molecule is CCCC(C)N1CC=C[C@]23O[C@]4(CC)C=CCN(CCC)C(=O)[C@@H]4[C@H]2C(=O)N([C@@H](CO)Cc2ccccc2)C3C1=O. The molecule has 8 nitrogen and oxygen atoms in total. The highest BCUT2D eigenvalue weighted by Gasteiger charge is 2.76. The van der Waals surface area contributed by atoms with Crippen molar-refractivity contribution in [2.45, 2.75) is 89.1 Å². The average Bonchev–Trinajstić information content (AvgIpc) is 3.27. The van der Waals surface area contributed by atoms with Gasteiger partial charge in [0.25, 0.3) is 0 Å². The van der Waals surface area contributed by atoms with E-state index in [-0.39, 0.29) is 30.4 Å². The Morgan fingerprint density at radius 2 is 1.68 bits per heavy atom. The molecule has 3 amide bonds. The summed E-state index contributed by atoms with van der Waals surface area (Å²) < 4.78 is 7.07. The van der Waals surface area contributed by atoms with Gasteiger partial charge < -0.3 is 24.5 Å². The Kier molecular flexibility index (Phi) is 8.44. The zero-order valence-corrected chi connectivity index (χ0v) is 24.9. The van der Waals surface area contributed by atoms with Gasteiger partial charge in [-0.1, -0.05) is 81.8 Å². The first-order valence-corrected chi connectivity index (χ1v) is 15.4. The summed E-state index contributed by atoms with van der Waals surface area (Å²) in [5.74, 6) is -2.19. The summed E-state index contributed by atoms with van der Waals surface area (Å²) in [6.07, 6.45) is 11.3. The van der Waals surface area contributed by atoms with Crippen LogP contribution in [0, 0.1) is 11.8 Å². The molecule has 1 N–H and O–H groups in total. The second-order valence-electron chi connectivity index (χ2n) is 12.1. The number of benzene rings is 1. The third-order valence-corrected chi connectivity index (χ3v) is 9.64. The molecular weight excluding hydrogens is 518 g/mol. The first-order valence-electron chi connectivity index (χ1n) is 15.4. The lowest BCUT2D eigenvalue weighted by Gasteiger charge is -2.41. The summed E-state index contributed by atoms with van der Waals surface area (Å²) >= 11 is 0. The molecule has 222 valence electrons. The first-order chi connectivity index (χ1) is 19.8. The molecule has 4 aliphatic heterocycles. The number of aliphatic hydroxyl groups excluding tert-OH is 1. The predicted molar refractivity (Wildman–Crippen MR) is 157 cm³/mol. The minimum atomic E-state index is -1.31. The number of ether oxygens (including phenoxy) is 1. The summed E-state index contributed by atoms with van der Waals surface area (Å²) in [6, 6.07) is 8.06. The van der Waals surface area contributed by atoms with Crippen LogP contribution in [0.4, 0.5) is 0 Å². The van der Waals surface area contributed by atoms with Gasteiger partial charge in [0.1, 0.15) is 11.6 Å². The van der Waals surface area contributed by atoms with Crippen molar-refractivity contribution in [3.8, 4) is 0 Å². The number of hydrogen-bond acceptors (Lipinski definition) is 5. The Morgan fingerprint density at radius 1 is 0.951 bits per heavy atom. The van der Waals surface area contributed by atoms with Gasteiger partial charge in [0, 0.05) is 25.7 Å². The molecule has 0 radical (unpaired) electrons. The molecular formula is C33H45N3O5. The van der Waals surface area contributed by atoms with Crippen LogP contribution in [0.25, 0.3) is 0 Å². The van der Waals surface area contributed by atoms with E-state index in [0.717, 1.165) is 24.8 Å². The van der Waals surface area contributed by atoms with Crippen LogP contribution in [0.15, 0.2) is 54.6 Å². The summed E-state index contributed by atoms with van der Waals surface area (Å²) in [4.78, 5) is 48.9. The van der Waals surface area contributed by atoms with Gasteiger partial charge in [-0.05, 0) is 38.2 Å². The topological polar surface area (TPSA) is 90.4 Å². The van der Waals surface area contributed by atoms with Gasteiger partial charge in [-0.15, -0.1) is 0 Å². The molecule has 1 aromatic rings. The molecule has 2 fully saturated rings. The molecule has 41 heavy (non-hydrogen) atoms. The lowest BCUT2D eigenvalue weighted by Crippen LogP contribution is -2.60.